The molecule has 1 N–H and O–H groups in total. The molecule has 0 aromatic carbocycles. The van der Waals surface area contributed by atoms with Gasteiger partial charge in [-0.1, -0.05) is 13.8 Å². The summed E-state index contributed by atoms with van der Waals surface area (Å²) in [6.45, 7) is 11.4. The summed E-state index contributed by atoms with van der Waals surface area (Å²) in [6.07, 6.45) is 5.90. The number of rotatable bonds is 4. The van der Waals surface area contributed by atoms with E-state index in [1.165, 1.54) is 32.2 Å². The molecule has 2 aliphatic rings. The van der Waals surface area contributed by atoms with E-state index in [1.807, 2.05) is 0 Å². The molecular weight excluding hydrogens is 212 g/mol. The fourth-order valence-electron chi connectivity index (χ4n) is 3.38. The molecule has 0 bridgehead atoms. The maximum atomic E-state index is 5.98. The molecule has 0 aliphatic carbocycles. The lowest BCUT2D eigenvalue weighted by Crippen LogP contribution is -2.62. The first-order chi connectivity index (χ1) is 8.20. The summed E-state index contributed by atoms with van der Waals surface area (Å²) >= 11 is 0. The third-order valence-electron chi connectivity index (χ3n) is 4.74. The summed E-state index contributed by atoms with van der Waals surface area (Å²) in [5.74, 6) is 0. The van der Waals surface area contributed by atoms with E-state index >= 15 is 0 Å². The molecule has 2 saturated heterocycles. The van der Waals surface area contributed by atoms with Crippen LogP contribution in [0.1, 0.15) is 46.5 Å². The van der Waals surface area contributed by atoms with E-state index in [-0.39, 0.29) is 0 Å². The largest absolute Gasteiger partial charge is 0.374 e. The van der Waals surface area contributed by atoms with E-state index in [0.29, 0.717) is 17.7 Å². The number of nitrogens with one attached hydrogen (secondary N) is 1. The summed E-state index contributed by atoms with van der Waals surface area (Å²) in [6, 6.07) is 0. The molecule has 2 atom stereocenters. The third kappa shape index (κ3) is 2.83. The van der Waals surface area contributed by atoms with Gasteiger partial charge in [-0.05, 0) is 32.6 Å². The summed E-state index contributed by atoms with van der Waals surface area (Å²) < 4.78 is 5.98. The van der Waals surface area contributed by atoms with Crippen molar-refractivity contribution in [3.8, 4) is 0 Å². The third-order valence-corrected chi connectivity index (χ3v) is 4.74. The monoisotopic (exact) mass is 240 g/mol. The van der Waals surface area contributed by atoms with Crippen molar-refractivity contribution < 1.29 is 4.74 Å². The molecule has 3 heteroatoms. The Hall–Kier alpha value is -0.120. The van der Waals surface area contributed by atoms with Crippen molar-refractivity contribution in [3.63, 3.8) is 0 Å². The van der Waals surface area contributed by atoms with E-state index in [0.717, 1.165) is 19.6 Å². The van der Waals surface area contributed by atoms with Crippen LogP contribution in [0.15, 0.2) is 0 Å². The van der Waals surface area contributed by atoms with Gasteiger partial charge in [-0.15, -0.1) is 0 Å². The minimum absolute atomic E-state index is 0.368. The number of ether oxygens (including phenoxy) is 1. The van der Waals surface area contributed by atoms with Crippen molar-refractivity contribution >= 4 is 0 Å². The highest BCUT2D eigenvalue weighted by atomic mass is 16.5. The van der Waals surface area contributed by atoms with Crippen molar-refractivity contribution in [2.24, 2.45) is 0 Å². The average Bonchev–Trinajstić information content (AvgIpc) is 2.76. The van der Waals surface area contributed by atoms with Gasteiger partial charge >= 0.3 is 0 Å². The molecule has 0 aromatic rings. The van der Waals surface area contributed by atoms with E-state index in [9.17, 15) is 0 Å². The maximum Gasteiger partial charge on any atom is 0.0706 e. The first kappa shape index (κ1) is 13.3. The lowest BCUT2D eigenvalue weighted by atomic mass is 9.88. The van der Waals surface area contributed by atoms with Crippen LogP contribution in [-0.4, -0.2) is 48.8 Å². The first-order valence-corrected chi connectivity index (χ1v) is 7.31. The SMILES string of the molecule is CCC1(CC)CNCCN1CC1CCC(C)O1. The Balaban J connectivity index is 1.96. The molecule has 2 unspecified atom stereocenters. The lowest BCUT2D eigenvalue weighted by Gasteiger charge is -2.47. The minimum Gasteiger partial charge on any atom is -0.374 e. The van der Waals surface area contributed by atoms with Crippen LogP contribution in [0.5, 0.6) is 0 Å². The van der Waals surface area contributed by atoms with Crippen LogP contribution >= 0.6 is 0 Å². The Morgan fingerprint density at radius 3 is 2.65 bits per heavy atom. The zero-order chi connectivity index (χ0) is 12.3. The quantitative estimate of drug-likeness (QED) is 0.813. The van der Waals surface area contributed by atoms with Gasteiger partial charge in [0.05, 0.1) is 12.2 Å². The van der Waals surface area contributed by atoms with Crippen molar-refractivity contribution in [1.82, 2.24) is 10.2 Å². The zero-order valence-corrected chi connectivity index (χ0v) is 11.7. The highest BCUT2D eigenvalue weighted by Gasteiger charge is 2.37. The number of nitrogens with zero attached hydrogens (tertiary/aromatic N) is 1. The van der Waals surface area contributed by atoms with Crippen LogP contribution in [0.3, 0.4) is 0 Å². The van der Waals surface area contributed by atoms with Gasteiger partial charge in [0, 0.05) is 31.7 Å². The number of hydrogen-bond donors (Lipinski definition) is 1. The van der Waals surface area contributed by atoms with E-state index < -0.39 is 0 Å². The van der Waals surface area contributed by atoms with Crippen LogP contribution in [0.4, 0.5) is 0 Å². The van der Waals surface area contributed by atoms with Crippen LogP contribution in [0.2, 0.25) is 0 Å². The minimum atomic E-state index is 0.368. The van der Waals surface area contributed by atoms with Gasteiger partial charge in [-0.2, -0.15) is 0 Å². The van der Waals surface area contributed by atoms with Gasteiger partial charge in [0.1, 0.15) is 0 Å². The van der Waals surface area contributed by atoms with E-state index in [1.54, 1.807) is 0 Å². The Morgan fingerprint density at radius 2 is 2.06 bits per heavy atom. The number of hydrogen-bond acceptors (Lipinski definition) is 3. The van der Waals surface area contributed by atoms with Crippen LogP contribution < -0.4 is 5.32 Å². The zero-order valence-electron chi connectivity index (χ0n) is 11.7. The summed E-state index contributed by atoms with van der Waals surface area (Å²) in [4.78, 5) is 2.69. The molecule has 0 radical (unpaired) electrons. The molecule has 0 spiro atoms. The molecule has 3 nitrogen and oxygen atoms in total. The normalized spacial score (nSPS) is 34.1. The van der Waals surface area contributed by atoms with Crippen LogP contribution in [0.25, 0.3) is 0 Å². The summed E-state index contributed by atoms with van der Waals surface area (Å²) in [7, 11) is 0. The first-order valence-electron chi connectivity index (χ1n) is 7.31. The van der Waals surface area contributed by atoms with Crippen LogP contribution in [0, 0.1) is 0 Å². The maximum absolute atomic E-state index is 5.98. The smallest absolute Gasteiger partial charge is 0.0706 e. The molecule has 100 valence electrons. The average molecular weight is 240 g/mol. The van der Waals surface area contributed by atoms with Gasteiger partial charge < -0.3 is 10.1 Å². The second-order valence-electron chi connectivity index (χ2n) is 5.70. The van der Waals surface area contributed by atoms with E-state index in [2.05, 4.69) is 31.0 Å². The Bertz CT molecular complexity index is 240. The van der Waals surface area contributed by atoms with Gasteiger partial charge in [0.15, 0.2) is 0 Å². The predicted molar refractivity (Wildman–Crippen MR) is 71.3 cm³/mol. The van der Waals surface area contributed by atoms with Crippen molar-refractivity contribution in [2.75, 3.05) is 26.2 Å². The predicted octanol–water partition coefficient (Wildman–Crippen LogP) is 2.02. The molecule has 0 amide bonds. The molecule has 0 aromatic heterocycles. The van der Waals surface area contributed by atoms with Gasteiger partial charge in [-0.25, -0.2) is 0 Å². The Labute approximate surface area is 106 Å². The molecule has 2 fully saturated rings. The lowest BCUT2D eigenvalue weighted by molar-refractivity contribution is -0.0172. The van der Waals surface area contributed by atoms with Crippen molar-refractivity contribution in [3.05, 3.63) is 0 Å². The fourth-order valence-corrected chi connectivity index (χ4v) is 3.38. The summed E-state index contributed by atoms with van der Waals surface area (Å²) in [5, 5.41) is 3.56. The van der Waals surface area contributed by atoms with Gasteiger partial charge in [0.25, 0.3) is 0 Å². The molecule has 17 heavy (non-hydrogen) atoms. The highest BCUT2D eigenvalue weighted by molar-refractivity contribution is 4.95. The standard InChI is InChI=1S/C14H28N2O/c1-4-14(5-2)11-15-8-9-16(14)10-13-7-6-12(3)17-13/h12-13,15H,4-11H2,1-3H3. The Morgan fingerprint density at radius 1 is 1.29 bits per heavy atom. The van der Waals surface area contributed by atoms with E-state index in [4.69, 9.17) is 4.74 Å². The molecule has 2 rings (SSSR count). The molecule has 0 saturated carbocycles. The number of piperazine rings is 1. The van der Waals surface area contributed by atoms with Crippen LogP contribution in [-0.2, 0) is 4.74 Å². The van der Waals surface area contributed by atoms with Crippen molar-refractivity contribution in [1.29, 1.82) is 0 Å². The summed E-state index contributed by atoms with van der Waals surface area (Å²) in [5.41, 5.74) is 0.368. The second kappa shape index (κ2) is 5.68. The topological polar surface area (TPSA) is 24.5 Å². The highest BCUT2D eigenvalue weighted by Crippen LogP contribution is 2.28. The molecule has 2 heterocycles. The van der Waals surface area contributed by atoms with Gasteiger partial charge in [0.2, 0.25) is 0 Å². The van der Waals surface area contributed by atoms with Crippen molar-refractivity contribution in [2.45, 2.75) is 64.2 Å². The molecule has 2 aliphatic heterocycles. The Kier molecular flexibility index (Phi) is 4.45. The second-order valence-corrected chi connectivity index (χ2v) is 5.70. The van der Waals surface area contributed by atoms with Gasteiger partial charge in [-0.3, -0.25) is 4.90 Å². The fraction of sp³-hybridized carbons (Fsp3) is 1.00. The molecular formula is C14H28N2O.